The van der Waals surface area contributed by atoms with Crippen LogP contribution in [-0.2, 0) is 4.74 Å². The second-order valence-electron chi connectivity index (χ2n) is 12.1. The molecule has 254 valence electrons. The molecule has 2 heterocycles. The van der Waals surface area contributed by atoms with Gasteiger partial charge in [-0.05, 0) is 106 Å². The summed E-state index contributed by atoms with van der Waals surface area (Å²) in [5.41, 5.74) is 5.72. The molecule has 9 nitrogen and oxygen atoms in total. The third-order valence-corrected chi connectivity index (χ3v) is 8.69. The molecule has 0 aliphatic rings. The van der Waals surface area contributed by atoms with Gasteiger partial charge in [-0.25, -0.2) is 9.97 Å². The lowest BCUT2D eigenvalue weighted by Crippen LogP contribution is -2.39. The van der Waals surface area contributed by atoms with Gasteiger partial charge < -0.3 is 18.8 Å². The minimum Gasteiger partial charge on any atom is -0.381 e. The number of hydrogen-bond donors (Lipinski definition) is 0. The first-order chi connectivity index (χ1) is 21.8. The number of hydrogen-bond acceptors (Lipinski definition) is 7. The van der Waals surface area contributed by atoms with Gasteiger partial charge in [0.15, 0.2) is 11.6 Å². The lowest BCUT2D eigenvalue weighted by Gasteiger charge is -2.30. The van der Waals surface area contributed by atoms with E-state index in [1.165, 1.54) is 0 Å². The lowest BCUT2D eigenvalue weighted by atomic mass is 10.1. The SMILES string of the molecule is C/C(=C\C(=O)c1cc(Br)ccc1-n1cc(C)nc1C)N(C)C.CC(=O)c1cc(Br)ccc1-n1cc(C)nc1C.COC(C)(C)N(C)C. The number of carbonyl (C=O) groups excluding carboxylic acids is 2. The third kappa shape index (κ3) is 11.1. The van der Waals surface area contributed by atoms with E-state index in [2.05, 4.69) is 41.8 Å². The zero-order valence-electron chi connectivity index (χ0n) is 29.9. The maximum atomic E-state index is 12.7. The number of carbonyl (C=O) groups is 2. The highest BCUT2D eigenvalue weighted by atomic mass is 79.9. The summed E-state index contributed by atoms with van der Waals surface area (Å²) in [6.07, 6.45) is 5.53. The van der Waals surface area contributed by atoms with Crippen molar-refractivity contribution in [3.8, 4) is 11.4 Å². The van der Waals surface area contributed by atoms with Crippen molar-refractivity contribution in [2.24, 2.45) is 0 Å². The molecular formula is C36H48Br2N6O3. The van der Waals surface area contributed by atoms with Gasteiger partial charge >= 0.3 is 0 Å². The van der Waals surface area contributed by atoms with Crippen molar-refractivity contribution in [1.29, 1.82) is 0 Å². The van der Waals surface area contributed by atoms with E-state index in [-0.39, 0.29) is 17.3 Å². The molecule has 0 radical (unpaired) electrons. The van der Waals surface area contributed by atoms with Crippen LogP contribution in [0.2, 0.25) is 0 Å². The fourth-order valence-electron chi connectivity index (χ4n) is 4.22. The minimum atomic E-state index is -0.125. The van der Waals surface area contributed by atoms with Crippen molar-refractivity contribution < 1.29 is 14.3 Å². The molecule has 4 rings (SSSR count). The molecule has 0 spiro atoms. The van der Waals surface area contributed by atoms with Crippen molar-refractivity contribution in [3.63, 3.8) is 0 Å². The van der Waals surface area contributed by atoms with Gasteiger partial charge in [0.25, 0.3) is 0 Å². The van der Waals surface area contributed by atoms with Gasteiger partial charge in [-0.15, -0.1) is 0 Å². The molecule has 0 saturated heterocycles. The number of nitrogens with zero attached hydrogens (tertiary/aromatic N) is 6. The smallest absolute Gasteiger partial charge is 0.189 e. The molecular weight excluding hydrogens is 724 g/mol. The molecule has 0 bridgehead atoms. The van der Waals surface area contributed by atoms with Gasteiger partial charge in [-0.3, -0.25) is 14.5 Å². The van der Waals surface area contributed by atoms with Crippen LogP contribution in [0.1, 0.15) is 71.4 Å². The van der Waals surface area contributed by atoms with Crippen LogP contribution in [0.25, 0.3) is 11.4 Å². The van der Waals surface area contributed by atoms with Crippen LogP contribution in [0.4, 0.5) is 0 Å². The molecule has 2 aromatic carbocycles. The molecule has 11 heteroatoms. The van der Waals surface area contributed by atoms with Crippen LogP contribution in [0.15, 0.2) is 69.5 Å². The van der Waals surface area contributed by atoms with Crippen molar-refractivity contribution in [3.05, 3.63) is 104 Å². The van der Waals surface area contributed by atoms with Gasteiger partial charge in [0.1, 0.15) is 17.4 Å². The van der Waals surface area contributed by atoms with Gasteiger partial charge in [-0.2, -0.15) is 0 Å². The van der Waals surface area contributed by atoms with Crippen LogP contribution in [-0.4, -0.2) is 81.5 Å². The quantitative estimate of drug-likeness (QED) is 0.101. The molecule has 2 aromatic heterocycles. The molecule has 0 aliphatic carbocycles. The van der Waals surface area contributed by atoms with Crippen LogP contribution in [0, 0.1) is 27.7 Å². The number of halogens is 2. The number of rotatable bonds is 8. The maximum Gasteiger partial charge on any atom is 0.189 e. The van der Waals surface area contributed by atoms with Crippen molar-refractivity contribution in [2.75, 3.05) is 35.3 Å². The van der Waals surface area contributed by atoms with Crippen LogP contribution in [0.3, 0.4) is 0 Å². The van der Waals surface area contributed by atoms with E-state index in [0.717, 1.165) is 49.1 Å². The lowest BCUT2D eigenvalue weighted by molar-refractivity contribution is -0.0838. The van der Waals surface area contributed by atoms with Gasteiger partial charge in [-0.1, -0.05) is 31.9 Å². The van der Waals surface area contributed by atoms with E-state index < -0.39 is 0 Å². The largest absolute Gasteiger partial charge is 0.381 e. The fraction of sp³-hybridized carbons (Fsp3) is 0.389. The summed E-state index contributed by atoms with van der Waals surface area (Å²) in [6.45, 7) is 15.3. The number of allylic oxidation sites excluding steroid dienone is 2. The van der Waals surface area contributed by atoms with Gasteiger partial charge in [0.05, 0.1) is 22.8 Å². The van der Waals surface area contributed by atoms with E-state index in [0.29, 0.717) is 11.1 Å². The van der Waals surface area contributed by atoms with Gasteiger partial charge in [0, 0.05) is 65.4 Å². The van der Waals surface area contributed by atoms with E-state index in [9.17, 15) is 9.59 Å². The molecule has 0 aliphatic heterocycles. The molecule has 0 fully saturated rings. The number of imidazole rings is 2. The molecule has 47 heavy (non-hydrogen) atoms. The Hall–Kier alpha value is -3.38. The van der Waals surface area contributed by atoms with E-state index in [1.807, 2.05) is 144 Å². The first-order valence-corrected chi connectivity index (χ1v) is 16.7. The summed E-state index contributed by atoms with van der Waals surface area (Å²) in [5.74, 6) is 1.77. The summed E-state index contributed by atoms with van der Waals surface area (Å²) in [6, 6.07) is 11.4. The summed E-state index contributed by atoms with van der Waals surface area (Å²) in [5, 5.41) is 0. The van der Waals surface area contributed by atoms with Crippen molar-refractivity contribution in [2.45, 2.75) is 61.1 Å². The number of ether oxygens (including phenoxy) is 1. The monoisotopic (exact) mass is 770 g/mol. The predicted octanol–water partition coefficient (Wildman–Crippen LogP) is 8.28. The average Bonchev–Trinajstić information content (AvgIpc) is 3.51. The Morgan fingerprint density at radius 3 is 1.53 bits per heavy atom. The maximum absolute atomic E-state index is 12.7. The highest BCUT2D eigenvalue weighted by molar-refractivity contribution is 9.10. The van der Waals surface area contributed by atoms with Crippen molar-refractivity contribution >= 4 is 43.4 Å². The van der Waals surface area contributed by atoms with Crippen LogP contribution < -0.4 is 0 Å². The highest BCUT2D eigenvalue weighted by Crippen LogP contribution is 2.24. The zero-order valence-corrected chi connectivity index (χ0v) is 33.0. The predicted molar refractivity (Wildman–Crippen MR) is 198 cm³/mol. The van der Waals surface area contributed by atoms with E-state index in [4.69, 9.17) is 4.74 Å². The topological polar surface area (TPSA) is 85.5 Å². The summed E-state index contributed by atoms with van der Waals surface area (Å²) in [7, 11) is 9.53. The van der Waals surface area contributed by atoms with E-state index >= 15 is 0 Å². The summed E-state index contributed by atoms with van der Waals surface area (Å²) in [4.78, 5) is 37.0. The number of aryl methyl sites for hydroxylation is 4. The molecule has 0 unspecified atom stereocenters. The van der Waals surface area contributed by atoms with Crippen LogP contribution >= 0.6 is 31.9 Å². The Morgan fingerprint density at radius 2 is 1.21 bits per heavy atom. The highest BCUT2D eigenvalue weighted by Gasteiger charge is 2.18. The normalized spacial score (nSPS) is 11.4. The molecule has 0 atom stereocenters. The number of methoxy groups -OCH3 is 1. The number of aromatic nitrogens is 4. The zero-order chi connectivity index (χ0) is 35.8. The minimum absolute atomic E-state index is 0.0201. The van der Waals surface area contributed by atoms with E-state index in [1.54, 1.807) is 20.1 Å². The van der Waals surface area contributed by atoms with Crippen molar-refractivity contribution in [1.82, 2.24) is 28.9 Å². The Kier molecular flexibility index (Phi) is 14.5. The number of ketones is 2. The Labute approximate surface area is 296 Å². The number of Topliss-reactive ketones (excluding diaryl/α,β-unsaturated/α-hetero) is 1. The second-order valence-corrected chi connectivity index (χ2v) is 13.9. The fourth-order valence-corrected chi connectivity index (χ4v) is 4.94. The molecule has 0 N–H and O–H groups in total. The standard InChI is InChI=1S/C17H20BrN3O.C13H13BrN2O.C6H15NO/c1-11-10-21(13(3)19-11)16-7-6-14(18)9-15(16)17(22)8-12(2)20(4)5;1-8-7-16(10(3)15-8)13-5-4-11(14)6-12(13)9(2)17;1-6(2,8-5)7(3)4/h6-10H,1-5H3;4-7H,1-3H3;1-5H3/b12-8+;;. The second kappa shape index (κ2) is 17.1. The Morgan fingerprint density at radius 1 is 0.787 bits per heavy atom. The first-order valence-electron chi connectivity index (χ1n) is 15.1. The summed E-state index contributed by atoms with van der Waals surface area (Å²) >= 11 is 6.83. The van der Waals surface area contributed by atoms with Gasteiger partial charge in [0.2, 0.25) is 0 Å². The first kappa shape index (κ1) is 39.8. The molecule has 0 saturated carbocycles. The third-order valence-electron chi connectivity index (χ3n) is 7.71. The van der Waals surface area contributed by atoms with Crippen LogP contribution in [0.5, 0.6) is 0 Å². The average molecular weight is 773 g/mol. The Bertz CT molecular complexity index is 1730. The molecule has 0 amide bonds. The Balaban J connectivity index is 0.000000272. The number of benzene rings is 2. The summed E-state index contributed by atoms with van der Waals surface area (Å²) < 4.78 is 10.8. The molecule has 4 aromatic rings.